The second-order valence-corrected chi connectivity index (χ2v) is 18.8. The van der Waals surface area contributed by atoms with Crippen molar-refractivity contribution in [1.82, 2.24) is 0 Å². The number of ether oxygens (including phenoxy) is 3. The molecule has 0 amide bonds. The molecule has 68 heavy (non-hydrogen) atoms. The molecule has 1 atom stereocenters. The van der Waals surface area contributed by atoms with Gasteiger partial charge in [0, 0.05) is 19.4 Å². The Morgan fingerprint density at radius 2 is 0.662 bits per heavy atom. The van der Waals surface area contributed by atoms with Gasteiger partial charge in [-0.15, -0.1) is 0 Å². The Hall–Kier alpha value is -3.18. The number of esters is 2. The topological polar surface area (TPSA) is 61.8 Å². The molecule has 0 aromatic carbocycles. The zero-order chi connectivity index (χ0) is 49.2. The van der Waals surface area contributed by atoms with Crippen molar-refractivity contribution >= 4 is 11.9 Å². The second kappa shape index (κ2) is 58.1. The fraction of sp³-hybridized carbons (Fsp3) is 0.714. The van der Waals surface area contributed by atoms with Crippen LogP contribution in [0.25, 0.3) is 0 Å². The summed E-state index contributed by atoms with van der Waals surface area (Å²) in [6, 6.07) is 0. The van der Waals surface area contributed by atoms with Crippen LogP contribution >= 0.6 is 0 Å². The van der Waals surface area contributed by atoms with Crippen molar-refractivity contribution in [2.45, 2.75) is 271 Å². The number of hydrogen-bond acceptors (Lipinski definition) is 5. The van der Waals surface area contributed by atoms with Crippen LogP contribution in [-0.4, -0.2) is 37.9 Å². The SMILES string of the molecule is CC/C=C\C/C=C\C/C=C\C/C=C\C/C=C\CCCCCC(=O)OC[C@@H](COCCCCCCCCCCCCCCCCCC)OC(=O)CCCCCC/C=C\C/C=C\C/C=C\CCCCC. The third-order valence-corrected chi connectivity index (χ3v) is 12.1. The Balaban J connectivity index is 4.38. The van der Waals surface area contributed by atoms with Crippen LogP contribution in [0, 0.1) is 0 Å². The number of rotatable bonds is 52. The number of allylic oxidation sites excluding steroid dienone is 16. The quantitative estimate of drug-likeness (QED) is 0.0345. The van der Waals surface area contributed by atoms with E-state index in [9.17, 15) is 9.59 Å². The first-order chi connectivity index (χ1) is 33.6. The fourth-order valence-corrected chi connectivity index (χ4v) is 7.84. The van der Waals surface area contributed by atoms with E-state index in [0.29, 0.717) is 19.4 Å². The summed E-state index contributed by atoms with van der Waals surface area (Å²) in [6.07, 6.45) is 78.5. The lowest BCUT2D eigenvalue weighted by Gasteiger charge is -2.18. The minimum absolute atomic E-state index is 0.0564. The van der Waals surface area contributed by atoms with Gasteiger partial charge in [0.15, 0.2) is 6.10 Å². The van der Waals surface area contributed by atoms with Gasteiger partial charge >= 0.3 is 11.9 Å². The molecule has 0 aromatic heterocycles. The molecule has 0 unspecified atom stereocenters. The van der Waals surface area contributed by atoms with Crippen molar-refractivity contribution in [3.05, 3.63) is 97.2 Å². The summed E-state index contributed by atoms with van der Waals surface area (Å²) in [5.41, 5.74) is 0. The molecule has 0 aliphatic rings. The van der Waals surface area contributed by atoms with Crippen molar-refractivity contribution in [2.75, 3.05) is 19.8 Å². The Labute approximate surface area is 422 Å². The lowest BCUT2D eigenvalue weighted by Crippen LogP contribution is -2.30. The summed E-state index contributed by atoms with van der Waals surface area (Å²) in [4.78, 5) is 25.5. The molecular weight excluding hydrogens is 837 g/mol. The summed E-state index contributed by atoms with van der Waals surface area (Å²) in [5, 5.41) is 0. The van der Waals surface area contributed by atoms with Crippen LogP contribution < -0.4 is 0 Å². The van der Waals surface area contributed by atoms with E-state index < -0.39 is 6.10 Å². The van der Waals surface area contributed by atoms with Crippen LogP contribution in [0.1, 0.15) is 265 Å². The molecule has 0 radical (unpaired) electrons. The Morgan fingerprint density at radius 3 is 1.10 bits per heavy atom. The highest BCUT2D eigenvalue weighted by molar-refractivity contribution is 5.70. The molecule has 0 fully saturated rings. The molecule has 0 saturated carbocycles. The zero-order valence-electron chi connectivity index (χ0n) is 44.8. The first-order valence-corrected chi connectivity index (χ1v) is 28.8. The summed E-state index contributed by atoms with van der Waals surface area (Å²) in [6.45, 7) is 7.65. The van der Waals surface area contributed by atoms with Crippen LogP contribution in [0.3, 0.4) is 0 Å². The minimum atomic E-state index is -0.566. The van der Waals surface area contributed by atoms with Gasteiger partial charge in [0.1, 0.15) is 6.61 Å². The van der Waals surface area contributed by atoms with Crippen molar-refractivity contribution in [2.24, 2.45) is 0 Å². The Kier molecular flexibility index (Phi) is 55.4. The number of carbonyl (C=O) groups excluding carboxylic acids is 2. The van der Waals surface area contributed by atoms with Crippen molar-refractivity contribution < 1.29 is 23.8 Å². The molecule has 0 aromatic rings. The first kappa shape index (κ1) is 64.8. The maximum Gasteiger partial charge on any atom is 0.306 e. The normalized spacial score (nSPS) is 12.9. The largest absolute Gasteiger partial charge is 0.462 e. The van der Waals surface area contributed by atoms with Crippen LogP contribution in [0.15, 0.2) is 97.2 Å². The highest BCUT2D eigenvalue weighted by Gasteiger charge is 2.17. The number of carbonyl (C=O) groups is 2. The van der Waals surface area contributed by atoms with E-state index in [2.05, 4.69) is 118 Å². The van der Waals surface area contributed by atoms with Crippen molar-refractivity contribution in [3.63, 3.8) is 0 Å². The van der Waals surface area contributed by atoms with E-state index in [0.717, 1.165) is 116 Å². The summed E-state index contributed by atoms with van der Waals surface area (Å²) in [7, 11) is 0. The first-order valence-electron chi connectivity index (χ1n) is 28.8. The standard InChI is InChI=1S/C63H108O5/c1-4-7-10-13-16-19-22-25-28-31-32-34-35-38-41-44-47-50-53-56-62(64)67-60-61(59-66-58-55-52-49-46-43-40-37-30-27-24-21-18-15-12-9-6-3)68-63(65)57-54-51-48-45-42-39-36-33-29-26-23-20-17-14-11-8-5-2/h7,10,16-17,19-20,25-26,28-29,32,34,36,38-39,41,61H,4-6,8-9,11-15,18,21-24,27,30-31,33,35,37,40,42-60H2,1-3H3/b10-7-,19-16-,20-17-,28-25-,29-26-,34-32-,39-36-,41-38-/t61-/m1/s1. The lowest BCUT2D eigenvalue weighted by atomic mass is 10.0. The number of hydrogen-bond donors (Lipinski definition) is 0. The van der Waals surface area contributed by atoms with Crippen LogP contribution in [0.2, 0.25) is 0 Å². The van der Waals surface area contributed by atoms with Crippen LogP contribution in [0.4, 0.5) is 0 Å². The molecule has 0 N–H and O–H groups in total. The van der Waals surface area contributed by atoms with E-state index >= 15 is 0 Å². The highest BCUT2D eigenvalue weighted by Crippen LogP contribution is 2.15. The Morgan fingerprint density at radius 1 is 0.338 bits per heavy atom. The van der Waals surface area contributed by atoms with Gasteiger partial charge in [-0.2, -0.15) is 0 Å². The third kappa shape index (κ3) is 55.4. The minimum Gasteiger partial charge on any atom is -0.462 e. The van der Waals surface area contributed by atoms with Crippen LogP contribution in [-0.2, 0) is 23.8 Å². The predicted octanol–water partition coefficient (Wildman–Crippen LogP) is 19.8. The van der Waals surface area contributed by atoms with Gasteiger partial charge < -0.3 is 14.2 Å². The molecule has 0 spiro atoms. The van der Waals surface area contributed by atoms with Crippen molar-refractivity contribution in [1.29, 1.82) is 0 Å². The van der Waals surface area contributed by atoms with Gasteiger partial charge in [-0.25, -0.2) is 0 Å². The van der Waals surface area contributed by atoms with Crippen LogP contribution in [0.5, 0.6) is 0 Å². The zero-order valence-corrected chi connectivity index (χ0v) is 44.8. The smallest absolute Gasteiger partial charge is 0.306 e. The van der Waals surface area contributed by atoms with Crippen molar-refractivity contribution in [3.8, 4) is 0 Å². The monoisotopic (exact) mass is 945 g/mol. The van der Waals surface area contributed by atoms with E-state index in [1.807, 2.05) is 0 Å². The van der Waals surface area contributed by atoms with Gasteiger partial charge in [-0.05, 0) is 103 Å². The summed E-state index contributed by atoms with van der Waals surface area (Å²) in [5.74, 6) is -0.455. The summed E-state index contributed by atoms with van der Waals surface area (Å²) < 4.78 is 17.4. The highest BCUT2D eigenvalue weighted by atomic mass is 16.6. The molecule has 5 nitrogen and oxygen atoms in total. The average Bonchev–Trinajstić information content (AvgIpc) is 3.34. The third-order valence-electron chi connectivity index (χ3n) is 12.1. The lowest BCUT2D eigenvalue weighted by molar-refractivity contribution is -0.163. The van der Waals surface area contributed by atoms with Gasteiger partial charge in [0.05, 0.1) is 6.61 Å². The average molecular weight is 946 g/mol. The molecule has 0 heterocycles. The van der Waals surface area contributed by atoms with E-state index in [-0.39, 0.29) is 25.2 Å². The van der Waals surface area contributed by atoms with Gasteiger partial charge in [0.2, 0.25) is 0 Å². The maximum atomic E-state index is 12.9. The van der Waals surface area contributed by atoms with Gasteiger partial charge in [-0.1, -0.05) is 246 Å². The summed E-state index contributed by atoms with van der Waals surface area (Å²) >= 11 is 0. The predicted molar refractivity (Wildman–Crippen MR) is 297 cm³/mol. The molecule has 0 aliphatic heterocycles. The number of unbranched alkanes of at least 4 members (excludes halogenated alkanes) is 25. The molecule has 0 saturated heterocycles. The van der Waals surface area contributed by atoms with E-state index in [1.165, 1.54) is 116 Å². The van der Waals surface area contributed by atoms with Gasteiger partial charge in [-0.3, -0.25) is 9.59 Å². The molecule has 390 valence electrons. The molecule has 0 rings (SSSR count). The second-order valence-electron chi connectivity index (χ2n) is 18.8. The fourth-order valence-electron chi connectivity index (χ4n) is 7.84. The Bertz CT molecular complexity index is 1300. The van der Waals surface area contributed by atoms with E-state index in [1.54, 1.807) is 0 Å². The molecule has 5 heteroatoms. The maximum absolute atomic E-state index is 12.9. The molecular formula is C63H108O5. The van der Waals surface area contributed by atoms with E-state index in [4.69, 9.17) is 14.2 Å². The molecule has 0 aliphatic carbocycles. The molecule has 0 bridgehead atoms. The van der Waals surface area contributed by atoms with Gasteiger partial charge in [0.25, 0.3) is 0 Å².